The van der Waals surface area contributed by atoms with Gasteiger partial charge in [0.1, 0.15) is 6.04 Å². The van der Waals surface area contributed by atoms with Gasteiger partial charge < -0.3 is 4.57 Å². The second-order valence-electron chi connectivity index (χ2n) is 4.22. The number of benzene rings is 1. The summed E-state index contributed by atoms with van der Waals surface area (Å²) in [4.78, 5) is 4.12. The van der Waals surface area contributed by atoms with Crippen LogP contribution in [-0.2, 0) is 0 Å². The Labute approximate surface area is 110 Å². The van der Waals surface area contributed by atoms with Gasteiger partial charge in [-0.1, -0.05) is 25.4 Å². The summed E-state index contributed by atoms with van der Waals surface area (Å²) in [6.45, 7) is 5.87. The highest BCUT2D eigenvalue weighted by atomic mass is 35.5. The van der Waals surface area contributed by atoms with Gasteiger partial charge in [0, 0.05) is 11.4 Å². The summed E-state index contributed by atoms with van der Waals surface area (Å²) in [5.41, 5.74) is 2.30. The lowest BCUT2D eigenvalue weighted by molar-refractivity contribution is 0.101. The molecular formula is C13H15ClF2N2. The summed E-state index contributed by atoms with van der Waals surface area (Å²) in [6, 6.07) is 2.76. The summed E-state index contributed by atoms with van der Waals surface area (Å²) in [7, 11) is 0. The van der Waals surface area contributed by atoms with Crippen LogP contribution in [0.25, 0.3) is 11.0 Å². The number of aromatic nitrogens is 2. The van der Waals surface area contributed by atoms with Crippen molar-refractivity contribution in [2.24, 2.45) is 0 Å². The van der Waals surface area contributed by atoms with E-state index in [2.05, 4.69) is 4.98 Å². The van der Waals surface area contributed by atoms with Gasteiger partial charge in [-0.15, -0.1) is 0 Å². The summed E-state index contributed by atoms with van der Waals surface area (Å²) in [6.07, 6.45) is 1.36. The number of aryl methyl sites for hydroxylation is 1. The Balaban J connectivity index is 0.000000574. The maximum Gasteiger partial charge on any atom is 0.270 e. The predicted octanol–water partition coefficient (Wildman–Crippen LogP) is 4.60. The van der Waals surface area contributed by atoms with Crippen LogP contribution in [0.3, 0.4) is 0 Å². The Morgan fingerprint density at radius 3 is 2.56 bits per heavy atom. The van der Waals surface area contributed by atoms with Crippen LogP contribution < -0.4 is 0 Å². The minimum atomic E-state index is -2.59. The maximum atomic E-state index is 13.0. The molecule has 5 heteroatoms. The van der Waals surface area contributed by atoms with Crippen molar-refractivity contribution < 1.29 is 8.78 Å². The smallest absolute Gasteiger partial charge is 0.270 e. The third kappa shape index (κ3) is 2.09. The minimum Gasteiger partial charge on any atom is -0.321 e. The van der Waals surface area contributed by atoms with Crippen molar-refractivity contribution in [1.29, 1.82) is 0 Å². The number of imidazole rings is 1. The molecule has 1 unspecified atom stereocenters. The second-order valence-corrected chi connectivity index (χ2v) is 4.63. The fourth-order valence-corrected chi connectivity index (χ4v) is 2.06. The normalized spacial score (nSPS) is 20.4. The Hall–Kier alpha value is -1.16. The fraction of sp³-hybridized carbons (Fsp3) is 0.462. The molecule has 1 atom stereocenters. The third-order valence-electron chi connectivity index (χ3n) is 2.98. The minimum absolute atomic E-state index is 0.107. The summed E-state index contributed by atoms with van der Waals surface area (Å²) < 4.78 is 27.5. The van der Waals surface area contributed by atoms with E-state index in [1.165, 1.54) is 10.9 Å². The molecule has 0 saturated heterocycles. The van der Waals surface area contributed by atoms with Crippen molar-refractivity contribution in [2.75, 3.05) is 0 Å². The molecule has 1 aromatic heterocycles. The van der Waals surface area contributed by atoms with Crippen molar-refractivity contribution in [2.45, 2.75) is 39.2 Å². The van der Waals surface area contributed by atoms with Gasteiger partial charge in [-0.25, -0.2) is 13.8 Å². The predicted molar refractivity (Wildman–Crippen MR) is 69.4 cm³/mol. The van der Waals surface area contributed by atoms with E-state index in [0.717, 1.165) is 5.56 Å². The average Bonchev–Trinajstić information content (AvgIpc) is 2.79. The monoisotopic (exact) mass is 272 g/mol. The number of hydrogen-bond donors (Lipinski definition) is 0. The largest absolute Gasteiger partial charge is 0.321 e. The van der Waals surface area contributed by atoms with E-state index in [1.807, 2.05) is 26.8 Å². The first-order valence-electron chi connectivity index (χ1n) is 5.99. The molecule has 2 aromatic rings. The van der Waals surface area contributed by atoms with Gasteiger partial charge in [-0.2, -0.15) is 0 Å². The van der Waals surface area contributed by atoms with Crippen molar-refractivity contribution in [3.8, 4) is 0 Å². The first-order chi connectivity index (χ1) is 8.49. The van der Waals surface area contributed by atoms with Crippen LogP contribution in [0.15, 0.2) is 18.5 Å². The zero-order chi connectivity index (χ0) is 13.5. The third-order valence-corrected chi connectivity index (χ3v) is 3.39. The number of nitrogens with zero attached hydrogens (tertiary/aromatic N) is 2. The Morgan fingerprint density at radius 2 is 2.00 bits per heavy atom. The highest BCUT2D eigenvalue weighted by Crippen LogP contribution is 2.53. The molecule has 1 heterocycles. The molecule has 0 aliphatic heterocycles. The number of halogens is 3. The van der Waals surface area contributed by atoms with Gasteiger partial charge >= 0.3 is 0 Å². The SMILES string of the molecule is CC.Cc1cc2ncn(C3CC3(F)F)c2cc1Cl. The molecule has 18 heavy (non-hydrogen) atoms. The van der Waals surface area contributed by atoms with Gasteiger partial charge in [0.05, 0.1) is 17.4 Å². The van der Waals surface area contributed by atoms with Crippen molar-refractivity contribution in [3.63, 3.8) is 0 Å². The molecule has 0 amide bonds. The van der Waals surface area contributed by atoms with E-state index < -0.39 is 12.0 Å². The van der Waals surface area contributed by atoms with Crippen LogP contribution >= 0.6 is 11.6 Å². The average molecular weight is 273 g/mol. The Morgan fingerprint density at radius 1 is 1.39 bits per heavy atom. The topological polar surface area (TPSA) is 17.8 Å². The first kappa shape index (κ1) is 13.3. The van der Waals surface area contributed by atoms with Gasteiger partial charge in [0.25, 0.3) is 5.92 Å². The highest BCUT2D eigenvalue weighted by molar-refractivity contribution is 6.32. The number of rotatable bonds is 1. The van der Waals surface area contributed by atoms with Crippen LogP contribution in [0.1, 0.15) is 31.9 Å². The van der Waals surface area contributed by atoms with Crippen molar-refractivity contribution >= 4 is 22.6 Å². The zero-order valence-corrected chi connectivity index (χ0v) is 11.3. The van der Waals surface area contributed by atoms with E-state index in [9.17, 15) is 8.78 Å². The van der Waals surface area contributed by atoms with Crippen LogP contribution in [0.2, 0.25) is 5.02 Å². The Kier molecular flexibility index (Phi) is 3.32. The van der Waals surface area contributed by atoms with E-state index in [1.54, 1.807) is 6.07 Å². The van der Waals surface area contributed by atoms with Gasteiger partial charge in [-0.3, -0.25) is 0 Å². The summed E-state index contributed by atoms with van der Waals surface area (Å²) >= 11 is 5.98. The molecule has 1 aromatic carbocycles. The van der Waals surface area contributed by atoms with Gasteiger partial charge in [0.2, 0.25) is 0 Å². The molecule has 1 aliphatic carbocycles. The molecule has 0 spiro atoms. The fourth-order valence-electron chi connectivity index (χ4n) is 1.90. The Bertz CT molecular complexity index is 578. The van der Waals surface area contributed by atoms with Crippen LogP contribution in [0, 0.1) is 6.92 Å². The molecule has 0 bridgehead atoms. The quantitative estimate of drug-likeness (QED) is 0.741. The molecule has 2 nitrogen and oxygen atoms in total. The van der Waals surface area contributed by atoms with Crippen LogP contribution in [-0.4, -0.2) is 15.5 Å². The summed E-state index contributed by atoms with van der Waals surface area (Å²) in [5, 5.41) is 0.582. The number of fused-ring (bicyclic) bond motifs is 1. The van der Waals surface area contributed by atoms with E-state index in [-0.39, 0.29) is 6.42 Å². The van der Waals surface area contributed by atoms with Gasteiger partial charge in [0.15, 0.2) is 0 Å². The zero-order valence-electron chi connectivity index (χ0n) is 10.5. The molecule has 98 valence electrons. The molecule has 1 fully saturated rings. The highest BCUT2D eigenvalue weighted by Gasteiger charge is 2.58. The van der Waals surface area contributed by atoms with Crippen molar-refractivity contribution in [1.82, 2.24) is 9.55 Å². The van der Waals surface area contributed by atoms with Crippen molar-refractivity contribution in [3.05, 3.63) is 29.0 Å². The second kappa shape index (κ2) is 4.50. The lowest BCUT2D eigenvalue weighted by atomic mass is 10.2. The lowest BCUT2D eigenvalue weighted by Gasteiger charge is -2.03. The standard InChI is InChI=1S/C11H9ClF2N2.C2H6/c1-6-2-8-9(3-7(6)12)16(5-15-8)10-4-11(10,13)14;1-2/h2-3,5,10H,4H2,1H3;1-2H3. The molecule has 0 N–H and O–H groups in total. The van der Waals surface area contributed by atoms with Gasteiger partial charge in [-0.05, 0) is 24.6 Å². The molecule has 0 radical (unpaired) electrons. The number of hydrogen-bond acceptors (Lipinski definition) is 1. The molecular weight excluding hydrogens is 258 g/mol. The molecule has 1 aliphatic rings. The van der Waals surface area contributed by atoms with E-state index in [4.69, 9.17) is 11.6 Å². The van der Waals surface area contributed by atoms with E-state index in [0.29, 0.717) is 16.1 Å². The van der Waals surface area contributed by atoms with E-state index >= 15 is 0 Å². The maximum absolute atomic E-state index is 13.0. The first-order valence-corrected chi connectivity index (χ1v) is 6.37. The molecule has 1 saturated carbocycles. The molecule has 3 rings (SSSR count). The van der Waals surface area contributed by atoms with Crippen LogP contribution in [0.5, 0.6) is 0 Å². The van der Waals surface area contributed by atoms with Crippen LogP contribution in [0.4, 0.5) is 8.78 Å². The lowest BCUT2D eigenvalue weighted by Crippen LogP contribution is -2.00. The summed E-state index contributed by atoms with van der Waals surface area (Å²) in [5.74, 6) is -2.59. The number of alkyl halides is 2.